The Morgan fingerprint density at radius 3 is 2.73 bits per heavy atom. The molecule has 170 valence electrons. The third kappa shape index (κ3) is 3.40. The molecule has 3 aliphatic carbocycles. The number of aliphatic hydroxyl groups excluding tert-OH is 1. The van der Waals surface area contributed by atoms with E-state index < -0.39 is 0 Å². The Labute approximate surface area is 181 Å². The van der Waals surface area contributed by atoms with Crippen LogP contribution in [0.1, 0.15) is 78.6 Å². The summed E-state index contributed by atoms with van der Waals surface area (Å²) in [7, 11) is 1.46. The lowest BCUT2D eigenvalue weighted by Crippen LogP contribution is -2.57. The molecule has 0 radical (unpaired) electrons. The van der Waals surface area contributed by atoms with Crippen LogP contribution in [0.2, 0.25) is 0 Å². The smallest absolute Gasteiger partial charge is 0.305 e. The van der Waals surface area contributed by atoms with E-state index >= 15 is 0 Å². The van der Waals surface area contributed by atoms with Gasteiger partial charge in [0.1, 0.15) is 0 Å². The van der Waals surface area contributed by atoms with Crippen LogP contribution < -0.4 is 5.32 Å². The Balaban J connectivity index is 1.55. The van der Waals surface area contributed by atoms with Crippen LogP contribution in [-0.4, -0.2) is 36.7 Å². The van der Waals surface area contributed by atoms with Gasteiger partial charge in [0, 0.05) is 19.4 Å². The lowest BCUT2D eigenvalue weighted by Gasteiger charge is -2.60. The molecular weight excluding hydrogens is 378 g/mol. The van der Waals surface area contributed by atoms with Gasteiger partial charge in [-0.05, 0) is 91.3 Å². The van der Waals surface area contributed by atoms with Gasteiger partial charge < -0.3 is 15.2 Å². The predicted octanol–water partition coefficient (Wildman–Crippen LogP) is 3.93. The van der Waals surface area contributed by atoms with Crippen molar-refractivity contribution >= 4 is 11.9 Å². The number of carbonyl (C=O) groups is 2. The van der Waals surface area contributed by atoms with Gasteiger partial charge in [0.25, 0.3) is 0 Å². The van der Waals surface area contributed by atoms with Crippen LogP contribution in [0.5, 0.6) is 0 Å². The van der Waals surface area contributed by atoms with E-state index in [1.165, 1.54) is 20.0 Å². The van der Waals surface area contributed by atoms with Crippen LogP contribution in [0.3, 0.4) is 0 Å². The summed E-state index contributed by atoms with van der Waals surface area (Å²) in [6.45, 7) is 7.80. The molecule has 30 heavy (non-hydrogen) atoms. The summed E-state index contributed by atoms with van der Waals surface area (Å²) in [6, 6.07) is 0. The van der Waals surface area contributed by atoms with Crippen molar-refractivity contribution in [2.45, 2.75) is 84.7 Å². The van der Waals surface area contributed by atoms with E-state index in [4.69, 9.17) is 4.74 Å². The molecule has 0 spiro atoms. The molecule has 0 aromatic rings. The molecule has 4 rings (SSSR count). The van der Waals surface area contributed by atoms with E-state index in [0.29, 0.717) is 48.3 Å². The molecular formula is C25H41NO4. The second-order valence-electron chi connectivity index (χ2n) is 11.4. The number of carbonyl (C=O) groups excluding carboxylic acids is 2. The van der Waals surface area contributed by atoms with E-state index in [9.17, 15) is 14.7 Å². The fourth-order valence-corrected chi connectivity index (χ4v) is 8.60. The molecule has 1 aliphatic heterocycles. The summed E-state index contributed by atoms with van der Waals surface area (Å²) in [6.07, 6.45) is 8.30. The zero-order valence-electron chi connectivity index (χ0n) is 19.3. The first-order valence-electron chi connectivity index (χ1n) is 12.2. The molecule has 2 N–H and O–H groups in total. The lowest BCUT2D eigenvalue weighted by atomic mass is 9.45. The molecule has 1 amide bonds. The number of esters is 1. The molecule has 0 aromatic heterocycles. The highest BCUT2D eigenvalue weighted by Gasteiger charge is 2.63. The fourth-order valence-electron chi connectivity index (χ4n) is 8.60. The largest absolute Gasteiger partial charge is 0.469 e. The molecule has 5 heteroatoms. The minimum absolute atomic E-state index is 0.0568. The first kappa shape index (κ1) is 22.1. The highest BCUT2D eigenvalue weighted by molar-refractivity contribution is 5.76. The van der Waals surface area contributed by atoms with Gasteiger partial charge in [-0.25, -0.2) is 0 Å². The highest BCUT2D eigenvalue weighted by Crippen LogP contribution is 2.67. The van der Waals surface area contributed by atoms with Gasteiger partial charge in [0.05, 0.1) is 13.2 Å². The van der Waals surface area contributed by atoms with E-state index in [0.717, 1.165) is 38.6 Å². The number of fused-ring (bicyclic) bond motifs is 5. The number of hydrogen-bond donors (Lipinski definition) is 2. The molecule has 2 unspecified atom stereocenters. The van der Waals surface area contributed by atoms with E-state index in [1.807, 2.05) is 0 Å². The zero-order valence-corrected chi connectivity index (χ0v) is 19.3. The molecule has 1 saturated heterocycles. The predicted molar refractivity (Wildman–Crippen MR) is 115 cm³/mol. The molecule has 4 fully saturated rings. The van der Waals surface area contributed by atoms with E-state index in [1.54, 1.807) is 0 Å². The van der Waals surface area contributed by atoms with Crippen LogP contribution in [0.25, 0.3) is 0 Å². The van der Waals surface area contributed by atoms with Crippen molar-refractivity contribution in [3.8, 4) is 0 Å². The van der Waals surface area contributed by atoms with Crippen LogP contribution >= 0.6 is 0 Å². The second-order valence-corrected chi connectivity index (χ2v) is 11.4. The van der Waals surface area contributed by atoms with Crippen molar-refractivity contribution < 1.29 is 19.4 Å². The minimum Gasteiger partial charge on any atom is -0.469 e. The Bertz CT molecular complexity index is 680. The van der Waals surface area contributed by atoms with Crippen molar-refractivity contribution in [2.24, 2.45) is 46.3 Å². The number of aliphatic hydroxyl groups is 1. The van der Waals surface area contributed by atoms with Crippen LogP contribution in [0, 0.1) is 46.3 Å². The molecule has 0 bridgehead atoms. The first-order valence-corrected chi connectivity index (χ1v) is 12.2. The summed E-state index contributed by atoms with van der Waals surface area (Å²) in [5, 5.41) is 14.7. The Hall–Kier alpha value is -1.10. The standard InChI is InChI=1S/C25H41NO4/c1-15(5-10-23(29)30-4)18-8-9-19-17-7-6-16-13-22(28)26-12-11-24(16,2)20(17)14-21(27)25(18,19)3/h15-21,27H,5-14H2,1-4H3,(H,26,28)/t15-,16?,17+,18-,19+,20+,21?,24+,25-/m1/s1. The quantitative estimate of drug-likeness (QED) is 0.677. The zero-order chi connectivity index (χ0) is 21.7. The molecule has 1 heterocycles. The summed E-state index contributed by atoms with van der Waals surface area (Å²) in [5.41, 5.74) is 0.0949. The molecule has 9 atom stereocenters. The summed E-state index contributed by atoms with van der Waals surface area (Å²) in [5.74, 6) is 3.14. The second kappa shape index (κ2) is 8.11. The molecule has 3 saturated carbocycles. The minimum atomic E-state index is -0.292. The first-order chi connectivity index (χ1) is 14.2. The highest BCUT2D eigenvalue weighted by atomic mass is 16.5. The van der Waals surface area contributed by atoms with Crippen molar-refractivity contribution in [3.05, 3.63) is 0 Å². The monoisotopic (exact) mass is 419 g/mol. The van der Waals surface area contributed by atoms with Crippen LogP contribution in [0.15, 0.2) is 0 Å². The van der Waals surface area contributed by atoms with Crippen molar-refractivity contribution in [2.75, 3.05) is 13.7 Å². The van der Waals surface area contributed by atoms with Gasteiger partial charge in [-0.3, -0.25) is 9.59 Å². The molecule has 5 nitrogen and oxygen atoms in total. The lowest BCUT2D eigenvalue weighted by molar-refractivity contribution is -0.162. The van der Waals surface area contributed by atoms with Gasteiger partial charge in [0.2, 0.25) is 5.91 Å². The van der Waals surface area contributed by atoms with Crippen molar-refractivity contribution in [1.82, 2.24) is 5.32 Å². The number of rotatable bonds is 4. The fraction of sp³-hybridized carbons (Fsp3) is 0.920. The van der Waals surface area contributed by atoms with Gasteiger partial charge in [0.15, 0.2) is 0 Å². The Morgan fingerprint density at radius 2 is 2.00 bits per heavy atom. The number of methoxy groups -OCH3 is 1. The van der Waals surface area contributed by atoms with Crippen LogP contribution in [-0.2, 0) is 14.3 Å². The van der Waals surface area contributed by atoms with E-state index in [-0.39, 0.29) is 28.8 Å². The maximum absolute atomic E-state index is 12.2. The third-order valence-electron chi connectivity index (χ3n) is 10.4. The van der Waals surface area contributed by atoms with Crippen molar-refractivity contribution in [1.29, 1.82) is 0 Å². The summed E-state index contributed by atoms with van der Waals surface area (Å²) in [4.78, 5) is 23.9. The number of amides is 1. The van der Waals surface area contributed by atoms with Gasteiger partial charge >= 0.3 is 5.97 Å². The summed E-state index contributed by atoms with van der Waals surface area (Å²) >= 11 is 0. The Morgan fingerprint density at radius 1 is 1.23 bits per heavy atom. The topological polar surface area (TPSA) is 75.6 Å². The van der Waals surface area contributed by atoms with Gasteiger partial charge in [-0.2, -0.15) is 0 Å². The molecule has 4 aliphatic rings. The number of nitrogens with one attached hydrogen (secondary N) is 1. The number of hydrogen-bond acceptors (Lipinski definition) is 4. The van der Waals surface area contributed by atoms with Gasteiger partial charge in [-0.15, -0.1) is 0 Å². The maximum atomic E-state index is 12.2. The third-order valence-corrected chi connectivity index (χ3v) is 10.4. The normalized spacial score (nSPS) is 46.6. The SMILES string of the molecule is COC(=O)CC[C@@H](C)[C@H]1CC[C@H]2[C@@H]3CCC4CC(=O)NCC[C@]4(C)[C@H]3CC(O)[C@]12C. The van der Waals surface area contributed by atoms with Crippen LogP contribution in [0.4, 0.5) is 0 Å². The summed E-state index contributed by atoms with van der Waals surface area (Å²) < 4.78 is 4.85. The maximum Gasteiger partial charge on any atom is 0.305 e. The average molecular weight is 420 g/mol. The number of ether oxygens (including phenoxy) is 1. The average Bonchev–Trinajstić information content (AvgIpc) is 2.99. The van der Waals surface area contributed by atoms with Crippen molar-refractivity contribution in [3.63, 3.8) is 0 Å². The Kier molecular flexibility index (Phi) is 5.97. The van der Waals surface area contributed by atoms with E-state index in [2.05, 4.69) is 26.1 Å². The molecule has 0 aromatic carbocycles. The van der Waals surface area contributed by atoms with Gasteiger partial charge in [-0.1, -0.05) is 20.8 Å².